The minimum absolute atomic E-state index is 0.112. The summed E-state index contributed by atoms with van der Waals surface area (Å²) >= 11 is 0. The normalized spacial score (nSPS) is 20.4. The van der Waals surface area contributed by atoms with Gasteiger partial charge in [0.2, 0.25) is 11.8 Å². The second-order valence-corrected chi connectivity index (χ2v) is 10.8. The Kier molecular flexibility index (Phi) is 6.07. The molecule has 37 heavy (non-hydrogen) atoms. The van der Waals surface area contributed by atoms with E-state index in [-0.39, 0.29) is 23.7 Å². The Morgan fingerprint density at radius 2 is 1.49 bits per heavy atom. The second-order valence-electron chi connectivity index (χ2n) is 10.8. The average molecular weight is 492 g/mol. The molecule has 0 fully saturated rings. The minimum Gasteiger partial charge on any atom is -0.361 e. The van der Waals surface area contributed by atoms with Gasteiger partial charge < -0.3 is 15.6 Å². The molecule has 5 nitrogen and oxygen atoms in total. The van der Waals surface area contributed by atoms with Gasteiger partial charge in [-0.25, -0.2) is 0 Å². The quantitative estimate of drug-likeness (QED) is 0.330. The molecule has 5 heteroatoms. The first-order chi connectivity index (χ1) is 18.0. The van der Waals surface area contributed by atoms with Crippen molar-refractivity contribution < 1.29 is 9.59 Å². The highest BCUT2D eigenvalue weighted by Crippen LogP contribution is 2.55. The molecule has 0 aliphatic heterocycles. The second kappa shape index (κ2) is 9.55. The fraction of sp³-hybridized carbons (Fsp3) is 0.312. The first kappa shape index (κ1) is 23.5. The van der Waals surface area contributed by atoms with Gasteiger partial charge in [-0.1, -0.05) is 80.6 Å². The lowest BCUT2D eigenvalue weighted by Crippen LogP contribution is -2.50. The van der Waals surface area contributed by atoms with Crippen LogP contribution < -0.4 is 10.6 Å². The zero-order valence-electron chi connectivity index (χ0n) is 21.3. The standard InChI is InChI=1S/C32H33N3O2/c1-19(2)31(36)35-29(16-20-17-33-28-14-8-7-9-22(20)28)32(37)34-18-21-15-27-23-10-3-5-12-25(23)30(21)26-13-6-4-11-24(26)27/h3-14,17,19,21,27,29-30,33H,15-16,18H2,1-2H3,(H,34,37)(H,35,36). The van der Waals surface area contributed by atoms with Crippen molar-refractivity contribution in [1.82, 2.24) is 15.6 Å². The van der Waals surface area contributed by atoms with Gasteiger partial charge in [0.1, 0.15) is 6.04 Å². The average Bonchev–Trinajstić information content (AvgIpc) is 3.34. The van der Waals surface area contributed by atoms with E-state index in [1.165, 1.54) is 22.3 Å². The van der Waals surface area contributed by atoms with Crippen LogP contribution in [0.15, 0.2) is 79.0 Å². The summed E-state index contributed by atoms with van der Waals surface area (Å²) in [5, 5.41) is 7.33. The molecule has 7 rings (SSSR count). The molecule has 0 spiro atoms. The fourth-order valence-corrected chi connectivity index (χ4v) is 6.38. The molecule has 3 aliphatic carbocycles. The third kappa shape index (κ3) is 4.22. The first-order valence-electron chi connectivity index (χ1n) is 13.3. The molecule has 4 aromatic rings. The summed E-state index contributed by atoms with van der Waals surface area (Å²) in [6.45, 7) is 4.29. The third-order valence-electron chi connectivity index (χ3n) is 8.22. The number of aromatic nitrogens is 1. The maximum atomic E-state index is 13.6. The highest BCUT2D eigenvalue weighted by Gasteiger charge is 2.43. The summed E-state index contributed by atoms with van der Waals surface area (Å²) in [6.07, 6.45) is 3.40. The summed E-state index contributed by atoms with van der Waals surface area (Å²) in [4.78, 5) is 29.5. The van der Waals surface area contributed by atoms with Crippen molar-refractivity contribution in [2.75, 3.05) is 6.54 Å². The van der Waals surface area contributed by atoms with Gasteiger partial charge in [-0.3, -0.25) is 9.59 Å². The number of aromatic amines is 1. The van der Waals surface area contributed by atoms with Gasteiger partial charge in [0, 0.05) is 47.8 Å². The zero-order valence-corrected chi connectivity index (χ0v) is 21.3. The van der Waals surface area contributed by atoms with Crippen LogP contribution in [0.5, 0.6) is 0 Å². The summed E-state index contributed by atoms with van der Waals surface area (Å²) in [5.41, 5.74) is 7.69. The monoisotopic (exact) mass is 491 g/mol. The van der Waals surface area contributed by atoms with Gasteiger partial charge >= 0.3 is 0 Å². The van der Waals surface area contributed by atoms with E-state index in [0.717, 1.165) is 22.9 Å². The van der Waals surface area contributed by atoms with Gasteiger partial charge in [0.05, 0.1) is 0 Å². The van der Waals surface area contributed by atoms with Crippen molar-refractivity contribution in [1.29, 1.82) is 0 Å². The number of benzene rings is 3. The predicted molar refractivity (Wildman–Crippen MR) is 146 cm³/mol. The van der Waals surface area contributed by atoms with E-state index in [9.17, 15) is 9.59 Å². The molecule has 1 aromatic heterocycles. The van der Waals surface area contributed by atoms with E-state index in [4.69, 9.17) is 0 Å². The van der Waals surface area contributed by atoms with Crippen molar-refractivity contribution in [3.05, 3.63) is 107 Å². The van der Waals surface area contributed by atoms with Crippen LogP contribution in [0.1, 0.15) is 59.9 Å². The smallest absolute Gasteiger partial charge is 0.242 e. The molecule has 0 radical (unpaired) electrons. The molecule has 3 aliphatic rings. The fourth-order valence-electron chi connectivity index (χ4n) is 6.38. The van der Waals surface area contributed by atoms with Crippen molar-refractivity contribution in [2.45, 2.75) is 44.6 Å². The van der Waals surface area contributed by atoms with Gasteiger partial charge in [0.15, 0.2) is 0 Å². The zero-order chi connectivity index (χ0) is 25.5. The van der Waals surface area contributed by atoms with Gasteiger partial charge in [-0.15, -0.1) is 0 Å². The molecule has 2 amide bonds. The number of carbonyl (C=O) groups excluding carboxylic acids is 2. The van der Waals surface area contributed by atoms with Crippen LogP contribution in [0.25, 0.3) is 10.9 Å². The number of para-hydroxylation sites is 1. The van der Waals surface area contributed by atoms with Crippen LogP contribution in [0.3, 0.4) is 0 Å². The number of H-pyrrole nitrogens is 1. The first-order valence-corrected chi connectivity index (χ1v) is 13.3. The Labute approximate surface area is 217 Å². The number of amides is 2. The van der Waals surface area contributed by atoms with E-state index in [1.54, 1.807) is 0 Å². The van der Waals surface area contributed by atoms with Crippen molar-refractivity contribution in [2.24, 2.45) is 11.8 Å². The third-order valence-corrected chi connectivity index (χ3v) is 8.22. The number of fused-ring (bicyclic) bond motifs is 2. The Bertz CT molecular complexity index is 1420. The maximum Gasteiger partial charge on any atom is 0.242 e. The van der Waals surface area contributed by atoms with E-state index in [1.807, 2.05) is 44.3 Å². The van der Waals surface area contributed by atoms with Gasteiger partial charge in [0.25, 0.3) is 0 Å². The molecule has 2 atom stereocenters. The minimum atomic E-state index is -0.630. The van der Waals surface area contributed by atoms with Crippen LogP contribution in [-0.2, 0) is 16.0 Å². The maximum absolute atomic E-state index is 13.6. The van der Waals surface area contributed by atoms with Crippen molar-refractivity contribution >= 4 is 22.7 Å². The molecule has 0 saturated heterocycles. The largest absolute Gasteiger partial charge is 0.361 e. The number of rotatable bonds is 7. The summed E-state index contributed by atoms with van der Waals surface area (Å²) in [7, 11) is 0. The lowest BCUT2D eigenvalue weighted by molar-refractivity contribution is -0.130. The summed E-state index contributed by atoms with van der Waals surface area (Å²) in [6, 6.07) is 24.9. The lowest BCUT2D eigenvalue weighted by atomic mass is 9.59. The van der Waals surface area contributed by atoms with Crippen LogP contribution in [-0.4, -0.2) is 29.4 Å². The number of nitrogens with one attached hydrogen (secondary N) is 3. The Morgan fingerprint density at radius 3 is 2.16 bits per heavy atom. The molecule has 3 N–H and O–H groups in total. The Hall–Kier alpha value is -3.86. The highest BCUT2D eigenvalue weighted by atomic mass is 16.2. The molecular formula is C32H33N3O2. The number of hydrogen-bond acceptors (Lipinski definition) is 2. The SMILES string of the molecule is CC(C)C(=O)NC(Cc1c[nH]c2ccccc12)C(=O)NCC1CC2c3ccccc3C1c1ccccc12. The summed E-state index contributed by atoms with van der Waals surface area (Å²) < 4.78 is 0. The predicted octanol–water partition coefficient (Wildman–Crippen LogP) is 5.26. The molecule has 2 unspecified atom stereocenters. The molecule has 2 bridgehead atoms. The van der Waals surface area contributed by atoms with E-state index in [2.05, 4.69) is 64.1 Å². The van der Waals surface area contributed by atoms with Crippen LogP contribution in [0, 0.1) is 11.8 Å². The Balaban J connectivity index is 1.23. The van der Waals surface area contributed by atoms with Crippen molar-refractivity contribution in [3.8, 4) is 0 Å². The highest BCUT2D eigenvalue weighted by molar-refractivity contribution is 5.90. The van der Waals surface area contributed by atoms with E-state index >= 15 is 0 Å². The van der Waals surface area contributed by atoms with Crippen LogP contribution in [0.2, 0.25) is 0 Å². The van der Waals surface area contributed by atoms with Gasteiger partial charge in [-0.05, 0) is 46.2 Å². The molecule has 188 valence electrons. The molecule has 0 saturated carbocycles. The van der Waals surface area contributed by atoms with E-state index in [0.29, 0.717) is 24.8 Å². The molecular weight excluding hydrogens is 458 g/mol. The Morgan fingerprint density at radius 1 is 0.865 bits per heavy atom. The molecule has 1 heterocycles. The number of hydrogen-bond donors (Lipinski definition) is 3. The lowest BCUT2D eigenvalue weighted by Gasteiger charge is -2.45. The van der Waals surface area contributed by atoms with E-state index < -0.39 is 6.04 Å². The summed E-state index contributed by atoms with van der Waals surface area (Å²) in [5.74, 6) is 0.521. The topological polar surface area (TPSA) is 74.0 Å². The van der Waals surface area contributed by atoms with Crippen LogP contribution >= 0.6 is 0 Å². The number of carbonyl (C=O) groups is 2. The molecule has 3 aromatic carbocycles. The van der Waals surface area contributed by atoms with Gasteiger partial charge in [-0.2, -0.15) is 0 Å². The van der Waals surface area contributed by atoms with Crippen molar-refractivity contribution in [3.63, 3.8) is 0 Å². The van der Waals surface area contributed by atoms with Crippen LogP contribution in [0.4, 0.5) is 0 Å².